The third kappa shape index (κ3) is 3.49. The van der Waals surface area contributed by atoms with E-state index >= 15 is 0 Å². The first-order valence-electron chi connectivity index (χ1n) is 8.55. The molecule has 0 fully saturated rings. The zero-order valence-corrected chi connectivity index (χ0v) is 15.7. The molecule has 8 heteroatoms. The number of aromatic amines is 1. The maximum absolute atomic E-state index is 12.5. The van der Waals surface area contributed by atoms with Crippen molar-refractivity contribution < 1.29 is 4.79 Å². The van der Waals surface area contributed by atoms with Crippen LogP contribution in [-0.2, 0) is 11.3 Å². The van der Waals surface area contributed by atoms with Crippen LogP contribution in [0.15, 0.2) is 63.5 Å². The highest BCUT2D eigenvalue weighted by molar-refractivity contribution is 7.09. The van der Waals surface area contributed by atoms with Crippen LogP contribution in [0.25, 0.3) is 22.2 Å². The number of benzene rings is 2. The van der Waals surface area contributed by atoms with Crippen LogP contribution in [0, 0.1) is 6.92 Å². The number of para-hydroxylation sites is 1. The van der Waals surface area contributed by atoms with E-state index in [-0.39, 0.29) is 6.54 Å². The summed E-state index contributed by atoms with van der Waals surface area (Å²) in [6.07, 6.45) is 0. The molecule has 2 aromatic carbocycles. The van der Waals surface area contributed by atoms with Gasteiger partial charge in [0, 0.05) is 16.6 Å². The van der Waals surface area contributed by atoms with Crippen molar-refractivity contribution in [3.8, 4) is 11.3 Å². The fraction of sp³-hybridized carbons (Fsp3) is 0.100. The van der Waals surface area contributed by atoms with Crippen LogP contribution in [0.3, 0.4) is 0 Å². The number of aromatic nitrogens is 3. The highest BCUT2D eigenvalue weighted by atomic mass is 32.1. The van der Waals surface area contributed by atoms with Crippen molar-refractivity contribution in [2.45, 2.75) is 13.5 Å². The molecule has 0 bridgehead atoms. The number of nitrogens with zero attached hydrogens (tertiary/aromatic N) is 2. The van der Waals surface area contributed by atoms with Gasteiger partial charge in [-0.2, -0.15) is 0 Å². The lowest BCUT2D eigenvalue weighted by atomic mass is 10.1. The Kier molecular flexibility index (Phi) is 4.62. The molecule has 4 rings (SSSR count). The van der Waals surface area contributed by atoms with Crippen molar-refractivity contribution in [3.05, 3.63) is 79.8 Å². The van der Waals surface area contributed by atoms with E-state index in [2.05, 4.69) is 15.3 Å². The average molecular weight is 392 g/mol. The Bertz CT molecular complexity index is 1300. The fourth-order valence-electron chi connectivity index (χ4n) is 2.94. The van der Waals surface area contributed by atoms with Gasteiger partial charge in [-0.25, -0.2) is 9.78 Å². The van der Waals surface area contributed by atoms with Crippen molar-refractivity contribution in [1.82, 2.24) is 14.5 Å². The molecule has 0 aliphatic heterocycles. The standard InChI is InChI=1S/C20H16N4O3S/c1-12-21-17(11-28-12)13-5-4-6-14(9-13)22-18(25)10-24-19(26)15-7-2-3-8-16(15)23-20(24)27/h2-9,11H,10H2,1H3,(H,22,25)(H,23,27). The SMILES string of the molecule is Cc1nc(-c2cccc(NC(=O)Cn3c(=O)[nH]c4ccccc4c3=O)c2)cs1. The second-order valence-corrected chi connectivity index (χ2v) is 7.31. The Hall–Kier alpha value is -3.52. The summed E-state index contributed by atoms with van der Waals surface area (Å²) in [6.45, 7) is 1.55. The van der Waals surface area contributed by atoms with E-state index in [0.717, 1.165) is 20.8 Å². The average Bonchev–Trinajstić information content (AvgIpc) is 3.12. The van der Waals surface area contributed by atoms with Gasteiger partial charge in [-0.05, 0) is 31.2 Å². The monoisotopic (exact) mass is 392 g/mol. The number of carbonyl (C=O) groups is 1. The molecule has 0 saturated heterocycles. The van der Waals surface area contributed by atoms with Crippen LogP contribution in [0.2, 0.25) is 0 Å². The lowest BCUT2D eigenvalue weighted by molar-refractivity contribution is -0.116. The highest BCUT2D eigenvalue weighted by Crippen LogP contribution is 2.24. The second kappa shape index (κ2) is 7.24. The molecule has 0 aliphatic rings. The van der Waals surface area contributed by atoms with Gasteiger partial charge in [0.25, 0.3) is 5.56 Å². The largest absolute Gasteiger partial charge is 0.329 e. The summed E-state index contributed by atoms with van der Waals surface area (Å²) >= 11 is 1.55. The third-order valence-corrected chi connectivity index (χ3v) is 5.03. The molecule has 0 unspecified atom stereocenters. The lowest BCUT2D eigenvalue weighted by Gasteiger charge is -2.09. The van der Waals surface area contributed by atoms with Gasteiger partial charge < -0.3 is 10.3 Å². The molecular weight excluding hydrogens is 376 g/mol. The van der Waals surface area contributed by atoms with E-state index < -0.39 is 17.2 Å². The molecule has 140 valence electrons. The Balaban J connectivity index is 1.58. The quantitative estimate of drug-likeness (QED) is 0.558. The summed E-state index contributed by atoms with van der Waals surface area (Å²) in [4.78, 5) is 44.2. The van der Waals surface area contributed by atoms with Gasteiger partial charge in [0.1, 0.15) is 6.54 Å². The lowest BCUT2D eigenvalue weighted by Crippen LogP contribution is -2.38. The fourth-order valence-corrected chi connectivity index (χ4v) is 3.56. The summed E-state index contributed by atoms with van der Waals surface area (Å²) in [6, 6.07) is 14.0. The Morgan fingerprint density at radius 3 is 2.79 bits per heavy atom. The van der Waals surface area contributed by atoms with Crippen LogP contribution in [-0.4, -0.2) is 20.4 Å². The van der Waals surface area contributed by atoms with Crippen LogP contribution < -0.4 is 16.6 Å². The number of H-pyrrole nitrogens is 1. The number of hydrogen-bond acceptors (Lipinski definition) is 5. The van der Waals surface area contributed by atoms with Gasteiger partial charge in [0.05, 0.1) is 21.6 Å². The minimum atomic E-state index is -0.620. The topological polar surface area (TPSA) is 96.8 Å². The molecule has 4 aromatic rings. The van der Waals surface area contributed by atoms with E-state index in [1.807, 2.05) is 24.4 Å². The zero-order valence-electron chi connectivity index (χ0n) is 14.9. The minimum Gasteiger partial charge on any atom is -0.325 e. The van der Waals surface area contributed by atoms with Crippen molar-refractivity contribution in [3.63, 3.8) is 0 Å². The summed E-state index contributed by atoms with van der Waals surface area (Å²) in [5.41, 5.74) is 1.61. The van der Waals surface area contributed by atoms with Gasteiger partial charge in [0.15, 0.2) is 0 Å². The summed E-state index contributed by atoms with van der Waals surface area (Å²) in [5, 5.41) is 6.00. The van der Waals surface area contributed by atoms with Gasteiger partial charge in [-0.3, -0.25) is 14.2 Å². The van der Waals surface area contributed by atoms with Crippen molar-refractivity contribution in [1.29, 1.82) is 0 Å². The molecular formula is C20H16N4O3S. The Morgan fingerprint density at radius 1 is 1.18 bits per heavy atom. The molecule has 2 heterocycles. The van der Waals surface area contributed by atoms with Gasteiger partial charge in [-0.15, -0.1) is 11.3 Å². The molecule has 0 atom stereocenters. The summed E-state index contributed by atoms with van der Waals surface area (Å²) < 4.78 is 0.894. The first-order valence-corrected chi connectivity index (χ1v) is 9.43. The van der Waals surface area contributed by atoms with Crippen molar-refractivity contribution >= 4 is 33.8 Å². The van der Waals surface area contributed by atoms with E-state index in [0.29, 0.717) is 16.6 Å². The van der Waals surface area contributed by atoms with Crippen LogP contribution in [0.4, 0.5) is 5.69 Å². The van der Waals surface area contributed by atoms with Crippen LogP contribution in [0.1, 0.15) is 5.01 Å². The van der Waals surface area contributed by atoms with E-state index in [1.165, 1.54) is 0 Å². The van der Waals surface area contributed by atoms with Crippen molar-refractivity contribution in [2.75, 3.05) is 5.32 Å². The van der Waals surface area contributed by atoms with Gasteiger partial charge in [0.2, 0.25) is 5.91 Å². The number of rotatable bonds is 4. The Labute approximate surface area is 163 Å². The van der Waals surface area contributed by atoms with E-state index in [4.69, 9.17) is 0 Å². The smallest absolute Gasteiger partial charge is 0.325 e. The number of carbonyl (C=O) groups excluding carboxylic acids is 1. The maximum atomic E-state index is 12.5. The normalized spacial score (nSPS) is 10.9. The molecule has 0 aliphatic carbocycles. The number of nitrogens with one attached hydrogen (secondary N) is 2. The van der Waals surface area contributed by atoms with E-state index in [1.54, 1.807) is 47.7 Å². The number of anilines is 1. The number of aryl methyl sites for hydroxylation is 1. The molecule has 28 heavy (non-hydrogen) atoms. The van der Waals surface area contributed by atoms with Crippen molar-refractivity contribution in [2.24, 2.45) is 0 Å². The van der Waals surface area contributed by atoms with Crippen LogP contribution >= 0.6 is 11.3 Å². The number of hydrogen-bond donors (Lipinski definition) is 2. The predicted molar refractivity (Wildman–Crippen MR) is 110 cm³/mol. The molecule has 7 nitrogen and oxygen atoms in total. The van der Waals surface area contributed by atoms with Crippen LogP contribution in [0.5, 0.6) is 0 Å². The van der Waals surface area contributed by atoms with Gasteiger partial charge in [-0.1, -0.05) is 24.3 Å². The second-order valence-electron chi connectivity index (χ2n) is 6.25. The molecule has 0 spiro atoms. The molecule has 2 N–H and O–H groups in total. The van der Waals surface area contributed by atoms with Gasteiger partial charge >= 0.3 is 5.69 Å². The molecule has 0 radical (unpaired) electrons. The molecule has 1 amide bonds. The number of thiazole rings is 1. The maximum Gasteiger partial charge on any atom is 0.329 e. The molecule has 2 aromatic heterocycles. The van der Waals surface area contributed by atoms with E-state index in [9.17, 15) is 14.4 Å². The highest BCUT2D eigenvalue weighted by Gasteiger charge is 2.12. The first-order chi connectivity index (χ1) is 13.5. The molecule has 0 saturated carbocycles. The summed E-state index contributed by atoms with van der Waals surface area (Å²) in [7, 11) is 0. The third-order valence-electron chi connectivity index (χ3n) is 4.25. The predicted octanol–water partition coefficient (Wildman–Crippen LogP) is 2.76. The Morgan fingerprint density at radius 2 is 2.00 bits per heavy atom. The number of fused-ring (bicyclic) bond motifs is 1. The summed E-state index contributed by atoms with van der Waals surface area (Å²) in [5.74, 6) is -0.463. The first kappa shape index (κ1) is 17.9. The zero-order chi connectivity index (χ0) is 19.7. The number of amides is 1. The minimum absolute atomic E-state index is 0.357.